The first-order valence-electron chi connectivity index (χ1n) is 12.7. The third-order valence-corrected chi connectivity index (χ3v) is 8.82. The maximum absolute atomic E-state index is 13.2. The first-order chi connectivity index (χ1) is 18.2. The molecule has 2 atom stereocenters. The second kappa shape index (κ2) is 12.8. The molecule has 0 saturated carbocycles. The van der Waals surface area contributed by atoms with E-state index >= 15 is 0 Å². The number of carbonyl (C=O) groups excluding carboxylic acids is 3. The molecule has 1 aromatic heterocycles. The largest absolute Gasteiger partial charge is 0.462 e. The fourth-order valence-corrected chi connectivity index (χ4v) is 6.82. The molecule has 3 aromatic rings. The highest BCUT2D eigenvalue weighted by Crippen LogP contribution is 2.40. The summed E-state index contributed by atoms with van der Waals surface area (Å²) in [4.78, 5) is 40.4. The molecule has 200 valence electrons. The van der Waals surface area contributed by atoms with E-state index in [0.29, 0.717) is 27.2 Å². The molecule has 2 unspecified atom stereocenters. The van der Waals surface area contributed by atoms with Gasteiger partial charge in [0, 0.05) is 20.5 Å². The van der Waals surface area contributed by atoms with Crippen LogP contribution >= 0.6 is 34.7 Å². The summed E-state index contributed by atoms with van der Waals surface area (Å²) < 4.78 is 5.32. The minimum atomic E-state index is -0.428. The van der Waals surface area contributed by atoms with Gasteiger partial charge in [-0.15, -0.1) is 23.1 Å². The number of amides is 2. The van der Waals surface area contributed by atoms with Gasteiger partial charge in [-0.05, 0) is 80.5 Å². The SMILES string of the molecule is CCOC(=O)c1c(NC(=O)C(C)Sc2cccc(NC(=O)Cc3ccc(Cl)cc3)c2)sc2c1CCC(C)C2. The quantitative estimate of drug-likeness (QED) is 0.214. The topological polar surface area (TPSA) is 84.5 Å². The van der Waals surface area contributed by atoms with Crippen LogP contribution in [-0.2, 0) is 33.6 Å². The van der Waals surface area contributed by atoms with E-state index in [1.54, 1.807) is 19.1 Å². The fraction of sp³-hybridized carbons (Fsp3) is 0.345. The van der Waals surface area contributed by atoms with Crippen molar-refractivity contribution in [3.05, 3.63) is 75.1 Å². The molecule has 2 aromatic carbocycles. The number of hydrogen-bond donors (Lipinski definition) is 2. The molecule has 6 nitrogen and oxygen atoms in total. The van der Waals surface area contributed by atoms with E-state index in [0.717, 1.165) is 40.2 Å². The Morgan fingerprint density at radius 2 is 1.92 bits per heavy atom. The monoisotopic (exact) mass is 570 g/mol. The smallest absolute Gasteiger partial charge is 0.341 e. The van der Waals surface area contributed by atoms with Crippen molar-refractivity contribution in [2.75, 3.05) is 17.2 Å². The predicted molar refractivity (Wildman–Crippen MR) is 156 cm³/mol. The highest BCUT2D eigenvalue weighted by molar-refractivity contribution is 8.00. The summed E-state index contributed by atoms with van der Waals surface area (Å²) in [5.74, 6) is -0.155. The van der Waals surface area contributed by atoms with E-state index < -0.39 is 5.25 Å². The Morgan fingerprint density at radius 1 is 1.16 bits per heavy atom. The van der Waals surface area contributed by atoms with E-state index in [1.165, 1.54) is 23.1 Å². The highest BCUT2D eigenvalue weighted by Gasteiger charge is 2.30. The van der Waals surface area contributed by atoms with Crippen LogP contribution in [0.25, 0.3) is 0 Å². The number of fused-ring (bicyclic) bond motifs is 1. The molecular weight excluding hydrogens is 540 g/mol. The van der Waals surface area contributed by atoms with Gasteiger partial charge in [0.15, 0.2) is 0 Å². The number of halogens is 1. The number of thiophene rings is 1. The minimum Gasteiger partial charge on any atom is -0.462 e. The molecule has 0 aliphatic heterocycles. The highest BCUT2D eigenvalue weighted by atomic mass is 35.5. The van der Waals surface area contributed by atoms with Crippen LogP contribution in [0.3, 0.4) is 0 Å². The zero-order valence-electron chi connectivity index (χ0n) is 21.6. The molecule has 2 N–H and O–H groups in total. The van der Waals surface area contributed by atoms with Crippen LogP contribution in [0.4, 0.5) is 10.7 Å². The van der Waals surface area contributed by atoms with Gasteiger partial charge in [0.25, 0.3) is 0 Å². The number of hydrogen-bond acceptors (Lipinski definition) is 6. The van der Waals surface area contributed by atoms with Gasteiger partial charge in [0.1, 0.15) is 5.00 Å². The Hall–Kier alpha value is -2.81. The maximum Gasteiger partial charge on any atom is 0.341 e. The first kappa shape index (κ1) is 28.2. The number of rotatable bonds is 9. The second-order valence-electron chi connectivity index (χ2n) is 9.40. The fourth-order valence-electron chi connectivity index (χ4n) is 4.37. The zero-order chi connectivity index (χ0) is 27.2. The Kier molecular flexibility index (Phi) is 9.52. The van der Waals surface area contributed by atoms with E-state index in [-0.39, 0.29) is 30.8 Å². The molecule has 4 rings (SSSR count). The summed E-state index contributed by atoms with van der Waals surface area (Å²) >= 11 is 8.79. The van der Waals surface area contributed by atoms with Crippen molar-refractivity contribution in [2.24, 2.45) is 5.92 Å². The van der Waals surface area contributed by atoms with Gasteiger partial charge in [0.2, 0.25) is 11.8 Å². The van der Waals surface area contributed by atoms with Crippen LogP contribution in [0.15, 0.2) is 53.4 Å². The number of esters is 1. The first-order valence-corrected chi connectivity index (χ1v) is 14.7. The normalized spacial score (nSPS) is 15.3. The van der Waals surface area contributed by atoms with Crippen LogP contribution in [0.1, 0.15) is 53.6 Å². The standard InChI is InChI=1S/C29H31ClN2O4S2/c1-4-36-29(35)26-23-13-8-17(2)14-24(23)38-28(26)32-27(34)18(3)37-22-7-5-6-21(16-22)31-25(33)15-19-9-11-20(30)12-10-19/h5-7,9-12,16-18H,4,8,13-15H2,1-3H3,(H,31,33)(H,32,34). The van der Waals surface area contributed by atoms with Gasteiger partial charge in [-0.2, -0.15) is 0 Å². The lowest BCUT2D eigenvalue weighted by atomic mass is 9.88. The van der Waals surface area contributed by atoms with Crippen molar-refractivity contribution in [3.8, 4) is 0 Å². The molecule has 1 heterocycles. The van der Waals surface area contributed by atoms with Gasteiger partial charge in [-0.1, -0.05) is 36.7 Å². The van der Waals surface area contributed by atoms with Crippen molar-refractivity contribution in [2.45, 2.75) is 56.6 Å². The number of ether oxygens (including phenoxy) is 1. The number of thioether (sulfide) groups is 1. The molecule has 0 fully saturated rings. The van der Waals surface area contributed by atoms with Gasteiger partial charge in [0.05, 0.1) is 23.8 Å². The van der Waals surface area contributed by atoms with Crippen molar-refractivity contribution >= 4 is 63.2 Å². The lowest BCUT2D eigenvalue weighted by molar-refractivity contribution is -0.116. The average Bonchev–Trinajstić information content (AvgIpc) is 3.22. The third-order valence-electron chi connectivity index (χ3n) is 6.31. The number of carbonyl (C=O) groups is 3. The third kappa shape index (κ3) is 7.18. The van der Waals surface area contributed by atoms with E-state index in [4.69, 9.17) is 16.3 Å². The van der Waals surface area contributed by atoms with Gasteiger partial charge in [-0.25, -0.2) is 4.79 Å². The summed E-state index contributed by atoms with van der Waals surface area (Å²) in [6.45, 7) is 6.10. The molecular formula is C29H31ClN2O4S2. The Bertz CT molecular complexity index is 1320. The lowest BCUT2D eigenvalue weighted by Gasteiger charge is -2.18. The summed E-state index contributed by atoms with van der Waals surface area (Å²) in [6.07, 6.45) is 2.98. The van der Waals surface area contributed by atoms with Crippen molar-refractivity contribution in [1.82, 2.24) is 0 Å². The molecule has 38 heavy (non-hydrogen) atoms. The average molecular weight is 571 g/mol. The number of benzene rings is 2. The predicted octanol–water partition coefficient (Wildman–Crippen LogP) is 7.00. The van der Waals surface area contributed by atoms with Crippen molar-refractivity contribution in [3.63, 3.8) is 0 Å². The summed E-state index contributed by atoms with van der Waals surface area (Å²) in [6, 6.07) is 14.6. The van der Waals surface area contributed by atoms with Crippen LogP contribution in [0.2, 0.25) is 5.02 Å². The molecule has 0 radical (unpaired) electrons. The number of nitrogens with one attached hydrogen (secondary N) is 2. The van der Waals surface area contributed by atoms with E-state index in [9.17, 15) is 14.4 Å². The molecule has 1 aliphatic carbocycles. The van der Waals surface area contributed by atoms with Crippen LogP contribution in [0, 0.1) is 5.92 Å². The Labute approximate surface area is 236 Å². The molecule has 1 aliphatic rings. The zero-order valence-corrected chi connectivity index (χ0v) is 24.0. The molecule has 0 spiro atoms. The van der Waals surface area contributed by atoms with Gasteiger partial charge in [-0.3, -0.25) is 9.59 Å². The van der Waals surface area contributed by atoms with E-state index in [2.05, 4.69) is 17.6 Å². The van der Waals surface area contributed by atoms with Gasteiger partial charge < -0.3 is 15.4 Å². The van der Waals surface area contributed by atoms with Crippen LogP contribution in [-0.4, -0.2) is 29.6 Å². The second-order valence-corrected chi connectivity index (χ2v) is 12.4. The van der Waals surface area contributed by atoms with Gasteiger partial charge >= 0.3 is 5.97 Å². The maximum atomic E-state index is 13.2. The van der Waals surface area contributed by atoms with Crippen LogP contribution in [0.5, 0.6) is 0 Å². The lowest BCUT2D eigenvalue weighted by Crippen LogP contribution is -2.23. The molecule has 0 bridgehead atoms. The Morgan fingerprint density at radius 3 is 2.66 bits per heavy atom. The van der Waals surface area contributed by atoms with Crippen molar-refractivity contribution in [1.29, 1.82) is 0 Å². The van der Waals surface area contributed by atoms with E-state index in [1.807, 2.05) is 43.3 Å². The summed E-state index contributed by atoms with van der Waals surface area (Å²) in [5, 5.41) is 6.69. The summed E-state index contributed by atoms with van der Waals surface area (Å²) in [7, 11) is 0. The number of anilines is 2. The molecule has 0 saturated heterocycles. The Balaban J connectivity index is 1.41. The van der Waals surface area contributed by atoms with Crippen molar-refractivity contribution < 1.29 is 19.1 Å². The molecule has 9 heteroatoms. The molecule has 2 amide bonds. The minimum absolute atomic E-state index is 0.136. The summed E-state index contributed by atoms with van der Waals surface area (Å²) in [5.41, 5.74) is 3.06. The van der Waals surface area contributed by atoms with Crippen LogP contribution < -0.4 is 10.6 Å².